The molecule has 5 heteroatoms. The van der Waals surface area contributed by atoms with E-state index in [1.165, 1.54) is 0 Å². The van der Waals surface area contributed by atoms with Gasteiger partial charge in [0.05, 0.1) is 13.2 Å². The molecular formula is C16H15N3O2. The van der Waals surface area contributed by atoms with E-state index in [0.29, 0.717) is 17.9 Å². The molecule has 2 rings (SSSR count). The third-order valence-corrected chi connectivity index (χ3v) is 3.02. The maximum Gasteiger partial charge on any atom is 0.242 e. The normalized spacial score (nSPS) is 11.2. The molecule has 0 aliphatic carbocycles. The Bertz CT molecular complexity index is 633. The van der Waals surface area contributed by atoms with Crippen LogP contribution in [0.3, 0.4) is 0 Å². The van der Waals surface area contributed by atoms with E-state index in [1.54, 1.807) is 55.9 Å². The zero-order valence-corrected chi connectivity index (χ0v) is 11.6. The molecule has 0 saturated heterocycles. The van der Waals surface area contributed by atoms with E-state index in [0.717, 1.165) is 5.56 Å². The molecule has 0 spiro atoms. The van der Waals surface area contributed by atoms with Crippen LogP contribution in [-0.4, -0.2) is 18.0 Å². The standard InChI is InChI=1S/C16H15N3O2/c1-21-15-4-2-14(3-5-15)19-16(20)13(11-17)10-12-6-8-18-9-7-12/h2-9,13H,10H2,1H3,(H,19,20)/t13-/m0/s1. The molecule has 0 saturated carbocycles. The lowest BCUT2D eigenvalue weighted by atomic mass is 10.0. The fourth-order valence-electron chi connectivity index (χ4n) is 1.86. The van der Waals surface area contributed by atoms with Gasteiger partial charge in [0.2, 0.25) is 5.91 Å². The second-order valence-electron chi connectivity index (χ2n) is 4.46. The number of ether oxygens (including phenoxy) is 1. The topological polar surface area (TPSA) is 75.0 Å². The van der Waals surface area contributed by atoms with Gasteiger partial charge < -0.3 is 10.1 Å². The van der Waals surface area contributed by atoms with E-state index in [-0.39, 0.29) is 5.91 Å². The minimum atomic E-state index is -0.741. The molecule has 1 aromatic carbocycles. The van der Waals surface area contributed by atoms with Crippen molar-refractivity contribution in [3.05, 3.63) is 54.4 Å². The Labute approximate surface area is 123 Å². The molecule has 106 valence electrons. The van der Waals surface area contributed by atoms with Crippen molar-refractivity contribution in [2.75, 3.05) is 12.4 Å². The van der Waals surface area contributed by atoms with Crippen LogP contribution in [0.1, 0.15) is 5.56 Å². The van der Waals surface area contributed by atoms with Crippen LogP contribution < -0.4 is 10.1 Å². The van der Waals surface area contributed by atoms with Gasteiger partial charge in [-0.2, -0.15) is 5.26 Å². The smallest absolute Gasteiger partial charge is 0.242 e. The number of carbonyl (C=O) groups is 1. The largest absolute Gasteiger partial charge is 0.497 e. The molecule has 1 aromatic heterocycles. The zero-order valence-electron chi connectivity index (χ0n) is 11.6. The number of rotatable bonds is 5. The summed E-state index contributed by atoms with van der Waals surface area (Å²) >= 11 is 0. The van der Waals surface area contributed by atoms with Crippen LogP contribution in [0.15, 0.2) is 48.8 Å². The number of nitrogens with one attached hydrogen (secondary N) is 1. The van der Waals surface area contributed by atoms with Gasteiger partial charge in [0.15, 0.2) is 0 Å². The van der Waals surface area contributed by atoms with Crippen LogP contribution in [0.2, 0.25) is 0 Å². The van der Waals surface area contributed by atoms with Crippen molar-refractivity contribution >= 4 is 11.6 Å². The predicted octanol–water partition coefficient (Wildman–Crippen LogP) is 2.41. The fraction of sp³-hybridized carbons (Fsp3) is 0.188. The van der Waals surface area contributed by atoms with Gasteiger partial charge in [0.1, 0.15) is 11.7 Å². The number of anilines is 1. The first-order valence-electron chi connectivity index (χ1n) is 6.46. The summed E-state index contributed by atoms with van der Waals surface area (Å²) < 4.78 is 5.05. The second kappa shape index (κ2) is 7.06. The molecule has 0 unspecified atom stereocenters. The van der Waals surface area contributed by atoms with Crippen molar-refractivity contribution in [2.45, 2.75) is 6.42 Å². The third kappa shape index (κ3) is 4.05. The average Bonchev–Trinajstić information content (AvgIpc) is 2.54. The van der Waals surface area contributed by atoms with Gasteiger partial charge in [-0.15, -0.1) is 0 Å². The van der Waals surface area contributed by atoms with E-state index < -0.39 is 5.92 Å². The van der Waals surface area contributed by atoms with Gasteiger partial charge in [0, 0.05) is 18.1 Å². The summed E-state index contributed by atoms with van der Waals surface area (Å²) in [6.07, 6.45) is 3.65. The molecule has 1 amide bonds. The van der Waals surface area contributed by atoms with Crippen LogP contribution in [-0.2, 0) is 11.2 Å². The van der Waals surface area contributed by atoms with E-state index in [1.807, 2.05) is 6.07 Å². The lowest BCUT2D eigenvalue weighted by Gasteiger charge is -2.10. The summed E-state index contributed by atoms with van der Waals surface area (Å²) in [5, 5.41) is 11.9. The monoisotopic (exact) mass is 281 g/mol. The number of nitriles is 1. The number of carbonyl (C=O) groups excluding carboxylic acids is 1. The van der Waals surface area contributed by atoms with Gasteiger partial charge in [-0.25, -0.2) is 0 Å². The molecular weight excluding hydrogens is 266 g/mol. The first-order chi connectivity index (χ1) is 10.2. The summed E-state index contributed by atoms with van der Waals surface area (Å²) in [6.45, 7) is 0. The number of pyridine rings is 1. The Morgan fingerprint density at radius 2 is 1.95 bits per heavy atom. The summed E-state index contributed by atoms with van der Waals surface area (Å²) in [6, 6.07) is 12.6. The lowest BCUT2D eigenvalue weighted by molar-refractivity contribution is -0.118. The number of methoxy groups -OCH3 is 1. The first-order valence-corrected chi connectivity index (χ1v) is 6.46. The van der Waals surface area contributed by atoms with E-state index in [9.17, 15) is 10.1 Å². The average molecular weight is 281 g/mol. The Kier molecular flexibility index (Phi) is 4.89. The molecule has 2 aromatic rings. The molecule has 21 heavy (non-hydrogen) atoms. The van der Waals surface area contributed by atoms with Gasteiger partial charge in [0.25, 0.3) is 0 Å². The van der Waals surface area contributed by atoms with Crippen molar-refractivity contribution in [2.24, 2.45) is 5.92 Å². The highest BCUT2D eigenvalue weighted by atomic mass is 16.5. The maximum absolute atomic E-state index is 12.1. The van der Waals surface area contributed by atoms with Gasteiger partial charge in [-0.3, -0.25) is 9.78 Å². The summed E-state index contributed by atoms with van der Waals surface area (Å²) in [4.78, 5) is 16.0. The predicted molar refractivity (Wildman–Crippen MR) is 78.7 cm³/mol. The van der Waals surface area contributed by atoms with E-state index in [4.69, 9.17) is 4.74 Å². The second-order valence-corrected chi connectivity index (χ2v) is 4.46. The molecule has 0 fully saturated rings. The summed E-state index contributed by atoms with van der Waals surface area (Å²) in [7, 11) is 1.58. The van der Waals surface area contributed by atoms with Crippen LogP contribution >= 0.6 is 0 Å². The quantitative estimate of drug-likeness (QED) is 0.913. The number of hydrogen-bond donors (Lipinski definition) is 1. The first kappa shape index (κ1) is 14.5. The Morgan fingerprint density at radius 3 is 2.52 bits per heavy atom. The highest BCUT2D eigenvalue weighted by Gasteiger charge is 2.18. The molecule has 1 heterocycles. The molecule has 1 atom stereocenters. The SMILES string of the molecule is COc1ccc(NC(=O)[C@H](C#N)Cc2ccncc2)cc1. The number of aromatic nitrogens is 1. The van der Waals surface area contributed by atoms with Crippen LogP contribution in [0, 0.1) is 17.2 Å². The van der Waals surface area contributed by atoms with Crippen LogP contribution in [0.5, 0.6) is 5.75 Å². The number of benzene rings is 1. The third-order valence-electron chi connectivity index (χ3n) is 3.02. The highest BCUT2D eigenvalue weighted by Crippen LogP contribution is 2.16. The van der Waals surface area contributed by atoms with Crippen molar-refractivity contribution in [3.8, 4) is 11.8 Å². The Balaban J connectivity index is 2.01. The van der Waals surface area contributed by atoms with Crippen molar-refractivity contribution in [1.29, 1.82) is 5.26 Å². The van der Waals surface area contributed by atoms with Crippen molar-refractivity contribution in [3.63, 3.8) is 0 Å². The minimum absolute atomic E-state index is 0.320. The molecule has 5 nitrogen and oxygen atoms in total. The Hall–Kier alpha value is -2.87. The zero-order chi connectivity index (χ0) is 15.1. The van der Waals surface area contributed by atoms with E-state index in [2.05, 4.69) is 10.3 Å². The minimum Gasteiger partial charge on any atom is -0.497 e. The number of amides is 1. The van der Waals surface area contributed by atoms with Crippen LogP contribution in [0.25, 0.3) is 0 Å². The molecule has 0 aliphatic heterocycles. The summed E-state index contributed by atoms with van der Waals surface area (Å²) in [5.74, 6) is -0.351. The lowest BCUT2D eigenvalue weighted by Crippen LogP contribution is -2.23. The van der Waals surface area contributed by atoms with Crippen molar-refractivity contribution in [1.82, 2.24) is 4.98 Å². The summed E-state index contributed by atoms with van der Waals surface area (Å²) in [5.41, 5.74) is 1.54. The molecule has 0 radical (unpaired) electrons. The molecule has 0 aliphatic rings. The number of nitrogens with zero attached hydrogens (tertiary/aromatic N) is 2. The fourth-order valence-corrected chi connectivity index (χ4v) is 1.86. The maximum atomic E-state index is 12.1. The highest BCUT2D eigenvalue weighted by molar-refractivity contribution is 5.94. The van der Waals surface area contributed by atoms with Crippen molar-refractivity contribution < 1.29 is 9.53 Å². The van der Waals surface area contributed by atoms with Gasteiger partial charge >= 0.3 is 0 Å². The molecule has 0 bridgehead atoms. The molecule has 1 N–H and O–H groups in total. The number of hydrogen-bond acceptors (Lipinski definition) is 4. The van der Waals surface area contributed by atoms with E-state index >= 15 is 0 Å². The van der Waals surface area contributed by atoms with Crippen LogP contribution in [0.4, 0.5) is 5.69 Å². The van der Waals surface area contributed by atoms with Gasteiger partial charge in [-0.1, -0.05) is 0 Å². The Morgan fingerprint density at radius 1 is 1.29 bits per heavy atom. The van der Waals surface area contributed by atoms with Gasteiger partial charge in [-0.05, 0) is 48.4 Å².